The molecule has 0 aromatic heterocycles. The van der Waals surface area contributed by atoms with Crippen molar-refractivity contribution in [1.29, 1.82) is 0 Å². The Morgan fingerprint density at radius 3 is 2.32 bits per heavy atom. The number of methoxy groups -OCH3 is 2. The molecule has 34 heavy (non-hydrogen) atoms. The molecule has 8 nitrogen and oxygen atoms in total. The lowest BCUT2D eigenvalue weighted by Gasteiger charge is -2.30. The van der Waals surface area contributed by atoms with E-state index in [1.165, 1.54) is 44.4 Å². The first-order valence-corrected chi connectivity index (χ1v) is 11.6. The largest absolute Gasteiger partial charge is 0.465 e. The second-order valence-electron chi connectivity index (χ2n) is 8.54. The van der Waals surface area contributed by atoms with Crippen molar-refractivity contribution in [2.45, 2.75) is 38.1 Å². The van der Waals surface area contributed by atoms with Crippen LogP contribution in [0.25, 0.3) is 0 Å². The van der Waals surface area contributed by atoms with E-state index in [0.29, 0.717) is 24.2 Å². The lowest BCUT2D eigenvalue weighted by atomic mass is 9.86. The van der Waals surface area contributed by atoms with E-state index in [4.69, 9.17) is 9.47 Å². The molecule has 1 heterocycles. The van der Waals surface area contributed by atoms with Crippen LogP contribution < -0.4 is 16.0 Å². The van der Waals surface area contributed by atoms with Gasteiger partial charge in [0, 0.05) is 18.3 Å². The van der Waals surface area contributed by atoms with Crippen molar-refractivity contribution in [2.75, 3.05) is 32.6 Å². The minimum Gasteiger partial charge on any atom is -0.465 e. The van der Waals surface area contributed by atoms with Crippen LogP contribution in [0.2, 0.25) is 0 Å². The predicted octanol–water partition coefficient (Wildman–Crippen LogP) is 3.77. The summed E-state index contributed by atoms with van der Waals surface area (Å²) in [6.45, 7) is 1.54. The summed E-state index contributed by atoms with van der Waals surface area (Å²) in [6.07, 6.45) is 5.26. The zero-order valence-electron chi connectivity index (χ0n) is 19.8. The van der Waals surface area contributed by atoms with Gasteiger partial charge in [-0.15, -0.1) is 0 Å². The number of urea groups is 1. The maximum Gasteiger partial charge on any atom is 0.337 e. The Morgan fingerprint density at radius 2 is 1.68 bits per heavy atom. The van der Waals surface area contributed by atoms with E-state index in [0.717, 1.165) is 32.2 Å². The fourth-order valence-corrected chi connectivity index (χ4v) is 4.34. The first kappa shape index (κ1) is 25.2. The number of carbonyl (C=O) groups excluding carboxylic acids is 3. The average molecular weight is 468 g/mol. The molecule has 1 aliphatic rings. The molecule has 2 aromatic carbocycles. The van der Waals surface area contributed by atoms with Crippen LogP contribution in [0, 0.1) is 5.92 Å². The van der Waals surface area contributed by atoms with E-state index < -0.39 is 18.0 Å². The van der Waals surface area contributed by atoms with Crippen molar-refractivity contribution in [3.8, 4) is 0 Å². The van der Waals surface area contributed by atoms with Gasteiger partial charge >= 0.3 is 18.0 Å². The Bertz CT molecular complexity index is 945. The molecule has 2 unspecified atom stereocenters. The van der Waals surface area contributed by atoms with Gasteiger partial charge in [-0.2, -0.15) is 0 Å². The topological polar surface area (TPSA) is 106 Å². The van der Waals surface area contributed by atoms with Crippen molar-refractivity contribution >= 4 is 23.7 Å². The third-order valence-corrected chi connectivity index (χ3v) is 6.02. The fraction of sp³-hybridized carbons (Fsp3) is 0.423. The molecule has 1 fully saturated rings. The molecule has 0 aliphatic carbocycles. The van der Waals surface area contributed by atoms with Crippen LogP contribution in [0.3, 0.4) is 0 Å². The Hall–Kier alpha value is -3.39. The normalized spacial score (nSPS) is 17.5. The number of ether oxygens (including phenoxy) is 2. The number of piperidine rings is 1. The fourth-order valence-electron chi connectivity index (χ4n) is 4.34. The van der Waals surface area contributed by atoms with Crippen molar-refractivity contribution in [3.05, 3.63) is 65.2 Å². The third-order valence-electron chi connectivity index (χ3n) is 6.02. The summed E-state index contributed by atoms with van der Waals surface area (Å²) in [5.74, 6) is -0.546. The summed E-state index contributed by atoms with van der Waals surface area (Å²) in [4.78, 5) is 36.1. The van der Waals surface area contributed by atoms with E-state index in [2.05, 4.69) is 40.2 Å². The van der Waals surface area contributed by atoms with Gasteiger partial charge < -0.3 is 25.4 Å². The SMILES string of the molecule is COC(=O)c1cc(NC(=O)NCCCC2CC(Cc3ccccc3)CCN2)cc(C(=O)OC)c1. The molecule has 1 saturated heterocycles. The molecule has 2 atom stereocenters. The number of benzene rings is 2. The molecule has 3 rings (SSSR count). The molecule has 2 aromatic rings. The molecule has 2 amide bonds. The highest BCUT2D eigenvalue weighted by atomic mass is 16.5. The van der Waals surface area contributed by atoms with Crippen molar-refractivity contribution in [2.24, 2.45) is 5.92 Å². The summed E-state index contributed by atoms with van der Waals surface area (Å²) in [7, 11) is 2.50. The number of rotatable bonds is 9. The van der Waals surface area contributed by atoms with E-state index in [-0.39, 0.29) is 11.1 Å². The van der Waals surface area contributed by atoms with E-state index in [1.807, 2.05) is 6.07 Å². The van der Waals surface area contributed by atoms with Crippen molar-refractivity contribution in [1.82, 2.24) is 10.6 Å². The zero-order chi connectivity index (χ0) is 24.3. The maximum atomic E-state index is 12.4. The highest BCUT2D eigenvalue weighted by Gasteiger charge is 2.21. The maximum absolute atomic E-state index is 12.4. The minimum absolute atomic E-state index is 0.147. The lowest BCUT2D eigenvalue weighted by molar-refractivity contribution is 0.0599. The first-order chi connectivity index (χ1) is 16.5. The van der Waals surface area contributed by atoms with Gasteiger partial charge in [-0.3, -0.25) is 0 Å². The van der Waals surface area contributed by atoms with Gasteiger partial charge in [0.1, 0.15) is 0 Å². The highest BCUT2D eigenvalue weighted by molar-refractivity contribution is 5.99. The van der Waals surface area contributed by atoms with Gasteiger partial charge in [-0.05, 0) is 68.3 Å². The Balaban J connectivity index is 1.44. The van der Waals surface area contributed by atoms with Crippen molar-refractivity contribution in [3.63, 3.8) is 0 Å². The number of carbonyl (C=O) groups is 3. The van der Waals surface area contributed by atoms with Crippen LogP contribution in [0.4, 0.5) is 10.5 Å². The van der Waals surface area contributed by atoms with E-state index >= 15 is 0 Å². The van der Waals surface area contributed by atoms with Gasteiger partial charge in [0.2, 0.25) is 0 Å². The number of nitrogens with one attached hydrogen (secondary N) is 3. The Kier molecular flexibility index (Phi) is 9.46. The molecule has 0 spiro atoms. The molecular weight excluding hydrogens is 434 g/mol. The third kappa shape index (κ3) is 7.59. The summed E-state index contributed by atoms with van der Waals surface area (Å²) >= 11 is 0. The van der Waals surface area contributed by atoms with Crippen LogP contribution in [0.1, 0.15) is 52.0 Å². The molecule has 182 valence electrons. The molecule has 8 heteroatoms. The van der Waals surface area contributed by atoms with E-state index in [1.54, 1.807) is 0 Å². The predicted molar refractivity (Wildman–Crippen MR) is 130 cm³/mol. The number of anilines is 1. The monoisotopic (exact) mass is 467 g/mol. The van der Waals surface area contributed by atoms with Crippen LogP contribution in [-0.4, -0.2) is 51.3 Å². The van der Waals surface area contributed by atoms with Gasteiger partial charge in [0.25, 0.3) is 0 Å². The first-order valence-electron chi connectivity index (χ1n) is 11.6. The second-order valence-corrected chi connectivity index (χ2v) is 8.54. The molecule has 0 radical (unpaired) electrons. The average Bonchev–Trinajstić information content (AvgIpc) is 2.86. The van der Waals surface area contributed by atoms with Crippen LogP contribution in [0.15, 0.2) is 48.5 Å². The number of esters is 2. The van der Waals surface area contributed by atoms with Crippen LogP contribution in [-0.2, 0) is 15.9 Å². The second kappa shape index (κ2) is 12.7. The van der Waals surface area contributed by atoms with Gasteiger partial charge in [0.15, 0.2) is 0 Å². The summed E-state index contributed by atoms with van der Waals surface area (Å²) in [5, 5.41) is 9.10. The quantitative estimate of drug-likeness (QED) is 0.383. The smallest absolute Gasteiger partial charge is 0.337 e. The zero-order valence-corrected chi connectivity index (χ0v) is 19.8. The van der Waals surface area contributed by atoms with E-state index in [9.17, 15) is 14.4 Å². The van der Waals surface area contributed by atoms with Crippen LogP contribution >= 0.6 is 0 Å². The molecule has 1 aliphatic heterocycles. The molecule has 0 bridgehead atoms. The van der Waals surface area contributed by atoms with Gasteiger partial charge in [-0.25, -0.2) is 14.4 Å². The number of hydrogen-bond acceptors (Lipinski definition) is 6. The minimum atomic E-state index is -0.611. The molecule has 0 saturated carbocycles. The summed E-state index contributed by atoms with van der Waals surface area (Å²) in [5.41, 5.74) is 1.99. The summed E-state index contributed by atoms with van der Waals surface area (Å²) in [6, 6.07) is 14.9. The molecule has 3 N–H and O–H groups in total. The van der Waals surface area contributed by atoms with Crippen LogP contribution in [0.5, 0.6) is 0 Å². The lowest BCUT2D eigenvalue weighted by Crippen LogP contribution is -2.39. The van der Waals surface area contributed by atoms with Crippen molar-refractivity contribution < 1.29 is 23.9 Å². The number of hydrogen-bond donors (Lipinski definition) is 3. The summed E-state index contributed by atoms with van der Waals surface area (Å²) < 4.78 is 9.43. The highest BCUT2D eigenvalue weighted by Crippen LogP contribution is 2.23. The molecular formula is C26H33N3O5. The van der Waals surface area contributed by atoms with Gasteiger partial charge in [0.05, 0.1) is 25.3 Å². The Morgan fingerprint density at radius 1 is 1.00 bits per heavy atom. The standard InChI is InChI=1S/C26H33N3O5/c1-33-24(30)20-15-21(25(31)34-2)17-23(16-20)29-26(32)28-11-6-9-22-14-19(10-12-27-22)13-18-7-4-3-5-8-18/h3-5,7-8,15-17,19,22,27H,6,9-14H2,1-2H3,(H2,28,29,32). The van der Waals surface area contributed by atoms with Gasteiger partial charge in [-0.1, -0.05) is 30.3 Å². The number of amides is 2. The Labute approximate surface area is 200 Å².